The van der Waals surface area contributed by atoms with Crippen LogP contribution in [0.2, 0.25) is 0 Å². The second-order valence-corrected chi connectivity index (χ2v) is 5.85. The molecule has 0 aliphatic carbocycles. The van der Waals surface area contributed by atoms with Gasteiger partial charge in [0.15, 0.2) is 0 Å². The van der Waals surface area contributed by atoms with E-state index in [4.69, 9.17) is 9.47 Å². The monoisotopic (exact) mass is 281 g/mol. The minimum absolute atomic E-state index is 0.266. The summed E-state index contributed by atoms with van der Waals surface area (Å²) in [6.07, 6.45) is 8.71. The number of ether oxygens (including phenoxy) is 2. The highest BCUT2D eigenvalue weighted by Gasteiger charge is 2.32. The van der Waals surface area contributed by atoms with Gasteiger partial charge >= 0.3 is 0 Å². The van der Waals surface area contributed by atoms with E-state index >= 15 is 0 Å². The van der Waals surface area contributed by atoms with E-state index in [1.165, 1.54) is 18.4 Å². The Labute approximate surface area is 121 Å². The standard InChI is InChI=1S/C15H27N3O2/c1-18-11-14(10-17-18)4-6-15(5-3-8-20-13-15)12-16-7-9-19-2/h10-11,16H,3-9,12-13H2,1-2H3. The van der Waals surface area contributed by atoms with Crippen molar-refractivity contribution < 1.29 is 9.47 Å². The molecule has 0 radical (unpaired) electrons. The van der Waals surface area contributed by atoms with Crippen molar-refractivity contribution in [3.8, 4) is 0 Å². The molecule has 1 N–H and O–H groups in total. The van der Waals surface area contributed by atoms with E-state index in [0.29, 0.717) is 0 Å². The summed E-state index contributed by atoms with van der Waals surface area (Å²) in [5.74, 6) is 0. The molecule has 0 amide bonds. The number of aromatic nitrogens is 2. The van der Waals surface area contributed by atoms with Crippen LogP contribution in [0.3, 0.4) is 0 Å². The van der Waals surface area contributed by atoms with Gasteiger partial charge in [-0.15, -0.1) is 0 Å². The van der Waals surface area contributed by atoms with E-state index in [2.05, 4.69) is 16.6 Å². The minimum atomic E-state index is 0.266. The van der Waals surface area contributed by atoms with Crippen LogP contribution in [0.4, 0.5) is 0 Å². The number of aryl methyl sites for hydroxylation is 2. The summed E-state index contributed by atoms with van der Waals surface area (Å²) in [6.45, 7) is 4.46. The highest BCUT2D eigenvalue weighted by molar-refractivity contribution is 5.05. The topological polar surface area (TPSA) is 48.3 Å². The molecular weight excluding hydrogens is 254 g/mol. The summed E-state index contributed by atoms with van der Waals surface area (Å²) in [6, 6.07) is 0. The van der Waals surface area contributed by atoms with E-state index in [9.17, 15) is 0 Å². The highest BCUT2D eigenvalue weighted by Crippen LogP contribution is 2.33. The number of hydrogen-bond donors (Lipinski definition) is 1. The summed E-state index contributed by atoms with van der Waals surface area (Å²) >= 11 is 0. The fraction of sp³-hybridized carbons (Fsp3) is 0.800. The van der Waals surface area contributed by atoms with Crippen molar-refractivity contribution in [3.05, 3.63) is 18.0 Å². The summed E-state index contributed by atoms with van der Waals surface area (Å²) in [5, 5.41) is 7.76. The Bertz CT molecular complexity index is 386. The van der Waals surface area contributed by atoms with Crippen LogP contribution in [0, 0.1) is 5.41 Å². The smallest absolute Gasteiger partial charge is 0.0587 e. The van der Waals surface area contributed by atoms with Gasteiger partial charge in [0, 0.05) is 45.5 Å². The van der Waals surface area contributed by atoms with Gasteiger partial charge in [-0.3, -0.25) is 4.68 Å². The van der Waals surface area contributed by atoms with Crippen molar-refractivity contribution in [2.45, 2.75) is 25.7 Å². The van der Waals surface area contributed by atoms with Gasteiger partial charge in [-0.1, -0.05) is 0 Å². The number of hydrogen-bond acceptors (Lipinski definition) is 4. The molecule has 5 heteroatoms. The van der Waals surface area contributed by atoms with Crippen molar-refractivity contribution >= 4 is 0 Å². The molecule has 114 valence electrons. The van der Waals surface area contributed by atoms with Gasteiger partial charge in [-0.2, -0.15) is 5.10 Å². The zero-order valence-corrected chi connectivity index (χ0v) is 12.7. The van der Waals surface area contributed by atoms with Crippen LogP contribution in [0.25, 0.3) is 0 Å². The Morgan fingerprint density at radius 1 is 1.55 bits per heavy atom. The molecule has 0 bridgehead atoms. The zero-order valence-electron chi connectivity index (χ0n) is 12.7. The fourth-order valence-corrected chi connectivity index (χ4v) is 2.87. The lowest BCUT2D eigenvalue weighted by Crippen LogP contribution is -2.42. The molecule has 1 aromatic rings. The molecule has 1 unspecified atom stereocenters. The second-order valence-electron chi connectivity index (χ2n) is 5.85. The summed E-state index contributed by atoms with van der Waals surface area (Å²) in [4.78, 5) is 0. The predicted molar refractivity (Wildman–Crippen MR) is 78.8 cm³/mol. The Hall–Kier alpha value is -0.910. The molecule has 2 heterocycles. The van der Waals surface area contributed by atoms with Gasteiger partial charge in [-0.25, -0.2) is 0 Å². The summed E-state index contributed by atoms with van der Waals surface area (Å²) in [5.41, 5.74) is 1.58. The predicted octanol–water partition coefficient (Wildman–Crippen LogP) is 1.39. The molecule has 1 atom stereocenters. The van der Waals surface area contributed by atoms with Crippen LogP contribution in [-0.2, 0) is 22.9 Å². The molecule has 2 rings (SSSR count). The first-order valence-corrected chi connectivity index (χ1v) is 7.49. The maximum atomic E-state index is 5.74. The molecule has 20 heavy (non-hydrogen) atoms. The Morgan fingerprint density at radius 3 is 3.10 bits per heavy atom. The highest BCUT2D eigenvalue weighted by atomic mass is 16.5. The van der Waals surface area contributed by atoms with E-state index in [1.54, 1.807) is 7.11 Å². The van der Waals surface area contributed by atoms with Gasteiger partial charge in [-0.05, 0) is 31.2 Å². The van der Waals surface area contributed by atoms with Crippen LogP contribution in [-0.4, -0.2) is 49.8 Å². The van der Waals surface area contributed by atoms with Crippen LogP contribution >= 0.6 is 0 Å². The number of nitrogens with one attached hydrogen (secondary N) is 1. The van der Waals surface area contributed by atoms with E-state index in [0.717, 1.165) is 45.8 Å². The summed E-state index contributed by atoms with van der Waals surface area (Å²) < 4.78 is 12.7. The van der Waals surface area contributed by atoms with Gasteiger partial charge < -0.3 is 14.8 Å². The number of nitrogens with zero attached hydrogens (tertiary/aromatic N) is 2. The van der Waals surface area contributed by atoms with Crippen LogP contribution < -0.4 is 5.32 Å². The third-order valence-corrected chi connectivity index (χ3v) is 4.09. The fourth-order valence-electron chi connectivity index (χ4n) is 2.87. The second kappa shape index (κ2) is 7.76. The number of rotatable bonds is 8. The molecule has 1 aliphatic heterocycles. The third-order valence-electron chi connectivity index (χ3n) is 4.09. The van der Waals surface area contributed by atoms with Crippen molar-refractivity contribution in [3.63, 3.8) is 0 Å². The van der Waals surface area contributed by atoms with Crippen molar-refractivity contribution in [1.29, 1.82) is 0 Å². The zero-order chi connectivity index (χ0) is 14.3. The van der Waals surface area contributed by atoms with Crippen LogP contribution in [0.1, 0.15) is 24.8 Å². The SMILES string of the molecule is COCCNCC1(CCc2cnn(C)c2)CCCOC1. The van der Waals surface area contributed by atoms with Gasteiger partial charge in [0.05, 0.1) is 19.4 Å². The average molecular weight is 281 g/mol. The molecule has 1 aromatic heterocycles. The van der Waals surface area contributed by atoms with Gasteiger partial charge in [0.25, 0.3) is 0 Å². The molecule has 0 saturated carbocycles. The van der Waals surface area contributed by atoms with E-state index < -0.39 is 0 Å². The molecular formula is C15H27N3O2. The van der Waals surface area contributed by atoms with Crippen molar-refractivity contribution in [1.82, 2.24) is 15.1 Å². The quantitative estimate of drug-likeness (QED) is 0.732. The molecule has 1 saturated heterocycles. The molecule has 1 fully saturated rings. The number of methoxy groups -OCH3 is 1. The third kappa shape index (κ3) is 4.58. The molecule has 0 aromatic carbocycles. The maximum Gasteiger partial charge on any atom is 0.0587 e. The first-order chi connectivity index (χ1) is 9.74. The van der Waals surface area contributed by atoms with Crippen molar-refractivity contribution in [2.75, 3.05) is 40.0 Å². The normalized spacial score (nSPS) is 23.1. The van der Waals surface area contributed by atoms with E-state index in [-0.39, 0.29) is 5.41 Å². The van der Waals surface area contributed by atoms with E-state index in [1.807, 2.05) is 17.9 Å². The van der Waals surface area contributed by atoms with Crippen molar-refractivity contribution in [2.24, 2.45) is 12.5 Å². The maximum absolute atomic E-state index is 5.74. The molecule has 1 aliphatic rings. The first-order valence-electron chi connectivity index (χ1n) is 7.49. The molecule has 0 spiro atoms. The largest absolute Gasteiger partial charge is 0.383 e. The van der Waals surface area contributed by atoms with Crippen LogP contribution in [0.5, 0.6) is 0 Å². The minimum Gasteiger partial charge on any atom is -0.383 e. The Morgan fingerprint density at radius 2 is 2.45 bits per heavy atom. The average Bonchev–Trinajstić information content (AvgIpc) is 2.89. The van der Waals surface area contributed by atoms with Gasteiger partial charge in [0.1, 0.15) is 0 Å². The first kappa shape index (κ1) is 15.5. The lowest BCUT2D eigenvalue weighted by Gasteiger charge is -2.37. The van der Waals surface area contributed by atoms with Crippen LogP contribution in [0.15, 0.2) is 12.4 Å². The molecule has 5 nitrogen and oxygen atoms in total. The van der Waals surface area contributed by atoms with Gasteiger partial charge in [0.2, 0.25) is 0 Å². The Balaban J connectivity index is 1.85. The lowest BCUT2D eigenvalue weighted by atomic mass is 9.77. The summed E-state index contributed by atoms with van der Waals surface area (Å²) in [7, 11) is 3.71. The Kier molecular flexibility index (Phi) is 6.01. The lowest BCUT2D eigenvalue weighted by molar-refractivity contribution is -0.0123.